The molecular weight excluding hydrogens is 695 g/mol. The maximum Gasteiger partial charge on any atom is -0.0157 e. The number of benzene rings is 4. The Hall–Kier alpha value is -2.22. The summed E-state index contributed by atoms with van der Waals surface area (Å²) in [6.45, 7) is 9.06. The van der Waals surface area contributed by atoms with Crippen LogP contribution >= 0.6 is 0 Å². The fraction of sp³-hybridized carbons (Fsp3) is 0.286. The number of aryl methyl sites for hydroxylation is 4. The van der Waals surface area contributed by atoms with Crippen LogP contribution < -0.4 is 24.8 Å². The summed E-state index contributed by atoms with van der Waals surface area (Å²) in [6, 6.07) is 40.6. The normalized spacial score (nSPS) is 16.4. The van der Waals surface area contributed by atoms with Gasteiger partial charge in [-0.05, 0) is 44.5 Å². The third-order valence-electron chi connectivity index (χ3n) is 9.34. The molecule has 0 amide bonds. The van der Waals surface area contributed by atoms with Gasteiger partial charge in [-0.1, -0.05) is 137 Å². The van der Waals surface area contributed by atoms with Crippen molar-refractivity contribution in [3.63, 3.8) is 0 Å². The van der Waals surface area contributed by atoms with Crippen LogP contribution in [0.5, 0.6) is 0 Å². The first-order chi connectivity index (χ1) is 21.4. The van der Waals surface area contributed by atoms with E-state index in [1.54, 1.807) is 45.6 Å². The van der Waals surface area contributed by atoms with Gasteiger partial charge in [0.05, 0.1) is 0 Å². The second kappa shape index (κ2) is 16.7. The maximum absolute atomic E-state index is 2.40. The van der Waals surface area contributed by atoms with Crippen LogP contribution in [0.15, 0.2) is 109 Å². The van der Waals surface area contributed by atoms with E-state index in [0.29, 0.717) is 11.8 Å². The van der Waals surface area contributed by atoms with Crippen molar-refractivity contribution in [1.29, 1.82) is 0 Å². The molecule has 2 aliphatic carbocycles. The van der Waals surface area contributed by atoms with Crippen molar-refractivity contribution in [2.24, 2.45) is 0 Å². The zero-order chi connectivity index (χ0) is 30.6. The van der Waals surface area contributed by atoms with Crippen molar-refractivity contribution in [2.45, 2.75) is 77.3 Å². The minimum Gasteiger partial charge on any atom is -1.00 e. The van der Waals surface area contributed by atoms with Crippen molar-refractivity contribution in [2.75, 3.05) is 0 Å². The number of halogens is 2. The molecule has 8 rings (SSSR count). The van der Waals surface area contributed by atoms with Crippen LogP contribution in [0.2, 0.25) is 13.1 Å². The molecule has 0 nitrogen and oxygen atoms in total. The zero-order valence-electron chi connectivity index (χ0n) is 27.5. The Morgan fingerprint density at radius 1 is 0.565 bits per heavy atom. The van der Waals surface area contributed by atoms with Gasteiger partial charge in [0.2, 0.25) is 0 Å². The second-order valence-electron chi connectivity index (χ2n) is 13.1. The molecule has 236 valence electrons. The molecule has 2 aliphatic rings. The predicted octanol–water partition coefficient (Wildman–Crippen LogP) is 5.46. The van der Waals surface area contributed by atoms with Gasteiger partial charge in [-0.15, -0.1) is 0 Å². The Balaban J connectivity index is 0.000000180. The molecule has 4 heteroatoms. The Bertz CT molecular complexity index is 1760. The first kappa shape index (κ1) is 36.6. The molecule has 6 aromatic carbocycles. The molecule has 2 unspecified atom stereocenters. The monoisotopic (exact) mass is 736 g/mol. The average Bonchev–Trinajstić information content (AvgIpc) is 3.61. The van der Waals surface area contributed by atoms with Gasteiger partial charge in [0, 0.05) is 0 Å². The molecule has 46 heavy (non-hydrogen) atoms. The van der Waals surface area contributed by atoms with Crippen LogP contribution in [-0.2, 0) is 36.2 Å². The van der Waals surface area contributed by atoms with E-state index in [9.17, 15) is 0 Å². The number of hydrogen-bond donors (Lipinski definition) is 0. The summed E-state index contributed by atoms with van der Waals surface area (Å²) in [7, 11) is 0. The fourth-order valence-corrected chi connectivity index (χ4v) is 7.62. The van der Waals surface area contributed by atoms with Gasteiger partial charge < -0.3 is 24.8 Å². The molecule has 0 aliphatic heterocycles. The summed E-state index contributed by atoms with van der Waals surface area (Å²) in [5, 5.41) is 5.57. The molecular formula is C42H44Cl2SiZr-2. The van der Waals surface area contributed by atoms with Gasteiger partial charge in [0.25, 0.3) is 0 Å². The molecule has 0 saturated carbocycles. The number of hydrogen-bond acceptors (Lipinski definition) is 0. The molecule has 2 atom stereocenters. The average molecular weight is 739 g/mol. The molecule has 6 aromatic rings. The van der Waals surface area contributed by atoms with Crippen molar-refractivity contribution in [3.05, 3.63) is 154 Å². The Morgan fingerprint density at radius 3 is 1.35 bits per heavy atom. The maximum atomic E-state index is 2.40. The fourth-order valence-electron chi connectivity index (χ4n) is 7.62. The minimum absolute atomic E-state index is 0. The molecule has 0 aromatic heterocycles. The third-order valence-corrected chi connectivity index (χ3v) is 9.34. The van der Waals surface area contributed by atoms with E-state index in [4.69, 9.17) is 0 Å². The largest absolute Gasteiger partial charge is 1.00 e. The van der Waals surface area contributed by atoms with Gasteiger partial charge in [0.1, 0.15) is 0 Å². The summed E-state index contributed by atoms with van der Waals surface area (Å²) < 4.78 is 0. The zero-order valence-corrected chi connectivity index (χ0v) is 32.5. The van der Waals surface area contributed by atoms with E-state index in [1.165, 1.54) is 82.3 Å². The first-order valence-electron chi connectivity index (χ1n) is 16.4. The van der Waals surface area contributed by atoms with Gasteiger partial charge >= 0.3 is 41.9 Å². The first-order valence-corrected chi connectivity index (χ1v) is 22.6. The molecule has 0 radical (unpaired) electrons. The van der Waals surface area contributed by atoms with E-state index in [1.807, 2.05) is 0 Å². The van der Waals surface area contributed by atoms with Gasteiger partial charge in [0.15, 0.2) is 0 Å². The molecule has 0 spiro atoms. The van der Waals surface area contributed by atoms with Crippen molar-refractivity contribution < 1.29 is 48.1 Å². The summed E-state index contributed by atoms with van der Waals surface area (Å²) in [5.41, 5.74) is 12.4. The second-order valence-corrected chi connectivity index (χ2v) is 22.4. The van der Waals surface area contributed by atoms with Gasteiger partial charge in [-0.2, -0.15) is 45.5 Å². The molecule has 0 saturated heterocycles. The predicted molar refractivity (Wildman–Crippen MR) is 188 cm³/mol. The van der Waals surface area contributed by atoms with E-state index in [0.717, 1.165) is 0 Å². The van der Waals surface area contributed by atoms with Gasteiger partial charge in [-0.25, -0.2) is 12.1 Å². The number of rotatable bonds is 2. The van der Waals surface area contributed by atoms with Crippen LogP contribution in [-0.4, -0.2) is 5.43 Å². The summed E-state index contributed by atoms with van der Waals surface area (Å²) in [4.78, 5) is 0. The Morgan fingerprint density at radius 2 is 0.935 bits per heavy atom. The topological polar surface area (TPSA) is 0 Å². The van der Waals surface area contributed by atoms with E-state index >= 15 is 0 Å². The van der Waals surface area contributed by atoms with Crippen LogP contribution in [0.1, 0.15) is 82.0 Å². The SMILES string of the molecule is C[Si](C)=[Zr+2].Cc1cc2c([cH-]1)CCCC2c1cccc2ccccc12.Cc1cc2c([cH-]1)CCCC2c1cccc2ccccc12.[Cl-].[Cl-]. The Kier molecular flexibility index (Phi) is 13.3. The van der Waals surface area contributed by atoms with E-state index in [-0.39, 0.29) is 30.2 Å². The number of fused-ring (bicyclic) bond motifs is 4. The van der Waals surface area contributed by atoms with Crippen molar-refractivity contribution >= 4 is 27.0 Å². The smallest absolute Gasteiger partial charge is 0.0157 e. The molecule has 0 heterocycles. The van der Waals surface area contributed by atoms with E-state index in [2.05, 4.69) is 136 Å². The summed E-state index contributed by atoms with van der Waals surface area (Å²) in [5.74, 6) is 1.16. The molecule has 0 fully saturated rings. The van der Waals surface area contributed by atoms with Crippen LogP contribution in [0.3, 0.4) is 0 Å². The summed E-state index contributed by atoms with van der Waals surface area (Å²) in [6.07, 6.45) is 7.69. The molecule has 0 N–H and O–H groups in total. The third kappa shape index (κ3) is 8.25. The Labute approximate surface area is 303 Å². The van der Waals surface area contributed by atoms with Crippen LogP contribution in [0.4, 0.5) is 0 Å². The van der Waals surface area contributed by atoms with Crippen LogP contribution in [0.25, 0.3) is 21.5 Å². The van der Waals surface area contributed by atoms with Crippen molar-refractivity contribution in [1.82, 2.24) is 0 Å². The minimum atomic E-state index is 0. The quantitative estimate of drug-likeness (QED) is 0.164. The van der Waals surface area contributed by atoms with Crippen LogP contribution in [0, 0.1) is 13.8 Å². The van der Waals surface area contributed by atoms with E-state index < -0.39 is 0 Å². The standard InChI is InChI=1S/2C20H19.C2H6Si.2ClH.Zr/c2*1-14-12-16-8-5-11-19(20(16)13-14)18-10-4-7-15-6-2-3-9-17(15)18;1-3-2;;;/h2*2-4,6-7,9-10,12-13,19H,5,8,11H2,1H3;1-2H3;2*1H;/q2*-1;;;;+2/p-2. The summed E-state index contributed by atoms with van der Waals surface area (Å²) >= 11 is 1.74. The molecule has 0 bridgehead atoms. The van der Waals surface area contributed by atoms with Crippen molar-refractivity contribution in [3.8, 4) is 0 Å². The van der Waals surface area contributed by atoms with Gasteiger partial charge in [-0.3, -0.25) is 0 Å².